The lowest BCUT2D eigenvalue weighted by Gasteiger charge is -2.26. The van der Waals surface area contributed by atoms with Gasteiger partial charge >= 0.3 is 0 Å². The number of aromatic amines is 1. The normalized spacial score (nSPS) is 17.3. The third-order valence-corrected chi connectivity index (χ3v) is 4.93. The van der Waals surface area contributed by atoms with Crippen molar-refractivity contribution in [2.24, 2.45) is 0 Å². The molecule has 0 saturated heterocycles. The molecule has 118 valence electrons. The van der Waals surface area contributed by atoms with Gasteiger partial charge in [0.2, 0.25) is 0 Å². The molecule has 2 aromatic heterocycles. The van der Waals surface area contributed by atoms with Crippen LogP contribution in [0.25, 0.3) is 10.9 Å². The number of hydrogen-bond acceptors (Lipinski definition) is 2. The number of fused-ring (bicyclic) bond motifs is 2. The number of rotatable bonds is 4. The summed E-state index contributed by atoms with van der Waals surface area (Å²) >= 11 is 6.02. The predicted octanol–water partition coefficient (Wildman–Crippen LogP) is 4.43. The number of nitrogens with zero attached hydrogens (tertiary/aromatic N) is 1. The number of nitrogens with one attached hydrogen (secondary N) is 2. The van der Waals surface area contributed by atoms with E-state index in [4.69, 9.17) is 11.6 Å². The summed E-state index contributed by atoms with van der Waals surface area (Å²) in [5, 5.41) is 5.59. The van der Waals surface area contributed by atoms with E-state index in [2.05, 4.69) is 45.6 Å². The maximum absolute atomic E-state index is 6.02. The maximum Gasteiger partial charge on any atom is 0.129 e. The quantitative estimate of drug-likeness (QED) is 0.697. The molecular weight excluding hydrogens is 306 g/mol. The summed E-state index contributed by atoms with van der Waals surface area (Å²) in [6.45, 7) is 0.963. The van der Waals surface area contributed by atoms with Crippen LogP contribution in [-0.2, 0) is 12.8 Å². The predicted molar refractivity (Wildman–Crippen MR) is 94.9 cm³/mol. The van der Waals surface area contributed by atoms with E-state index in [1.165, 1.54) is 34.9 Å². The first-order valence-electron chi connectivity index (χ1n) is 8.25. The molecule has 1 aliphatic rings. The minimum Gasteiger partial charge on any atom is -0.361 e. The molecule has 0 fully saturated rings. The summed E-state index contributed by atoms with van der Waals surface area (Å²) in [7, 11) is 0. The highest BCUT2D eigenvalue weighted by Gasteiger charge is 2.20. The van der Waals surface area contributed by atoms with Crippen molar-refractivity contribution in [2.45, 2.75) is 31.7 Å². The van der Waals surface area contributed by atoms with E-state index >= 15 is 0 Å². The van der Waals surface area contributed by atoms with Crippen LogP contribution in [0, 0.1) is 0 Å². The fraction of sp³-hybridized carbons (Fsp3) is 0.316. The molecule has 0 saturated carbocycles. The van der Waals surface area contributed by atoms with Gasteiger partial charge in [0.1, 0.15) is 5.15 Å². The van der Waals surface area contributed by atoms with Gasteiger partial charge < -0.3 is 10.3 Å². The van der Waals surface area contributed by atoms with Crippen LogP contribution in [0.1, 0.15) is 35.7 Å². The molecule has 0 bridgehead atoms. The van der Waals surface area contributed by atoms with Crippen LogP contribution in [0.5, 0.6) is 0 Å². The summed E-state index contributed by atoms with van der Waals surface area (Å²) in [5.41, 5.74) is 5.10. The van der Waals surface area contributed by atoms with Gasteiger partial charge in [0.05, 0.1) is 0 Å². The van der Waals surface area contributed by atoms with E-state index in [1.807, 2.05) is 12.3 Å². The van der Waals surface area contributed by atoms with Gasteiger partial charge in [-0.1, -0.05) is 35.9 Å². The Kier molecular flexibility index (Phi) is 4.06. The van der Waals surface area contributed by atoms with E-state index in [0.29, 0.717) is 11.2 Å². The van der Waals surface area contributed by atoms with Crippen molar-refractivity contribution in [2.75, 3.05) is 6.54 Å². The van der Waals surface area contributed by atoms with Gasteiger partial charge in [-0.05, 0) is 60.9 Å². The standard InChI is InChI=1S/C19H20ClN3/c20-18-8-7-15-16(5-2-6-17(15)23-18)21-11-9-13-3-1-4-14-10-12-22-19(13)14/h1,3-4,7-8,10,12,16,21-22H,2,5-6,9,11H2. The maximum atomic E-state index is 6.02. The minimum absolute atomic E-state index is 0.395. The first-order valence-corrected chi connectivity index (χ1v) is 8.63. The molecule has 1 aliphatic carbocycles. The van der Waals surface area contributed by atoms with Gasteiger partial charge in [0.25, 0.3) is 0 Å². The van der Waals surface area contributed by atoms with E-state index in [9.17, 15) is 0 Å². The van der Waals surface area contributed by atoms with Gasteiger partial charge in [-0.2, -0.15) is 0 Å². The summed E-state index contributed by atoms with van der Waals surface area (Å²) in [5.74, 6) is 0. The van der Waals surface area contributed by atoms with E-state index < -0.39 is 0 Å². The van der Waals surface area contributed by atoms with Crippen molar-refractivity contribution in [3.05, 3.63) is 64.6 Å². The molecule has 23 heavy (non-hydrogen) atoms. The molecule has 0 radical (unpaired) electrons. The van der Waals surface area contributed by atoms with Gasteiger partial charge in [-0.15, -0.1) is 0 Å². The Bertz CT molecular complexity index is 824. The third-order valence-electron chi connectivity index (χ3n) is 4.72. The zero-order chi connectivity index (χ0) is 15.6. The molecule has 0 amide bonds. The molecule has 1 unspecified atom stereocenters. The highest BCUT2D eigenvalue weighted by atomic mass is 35.5. The van der Waals surface area contributed by atoms with Crippen LogP contribution >= 0.6 is 11.6 Å². The second-order valence-electron chi connectivity index (χ2n) is 6.18. The highest BCUT2D eigenvalue weighted by Crippen LogP contribution is 2.29. The summed E-state index contributed by atoms with van der Waals surface area (Å²) in [6, 6.07) is 13.0. The Hall–Kier alpha value is -1.84. The second-order valence-corrected chi connectivity index (χ2v) is 6.57. The van der Waals surface area contributed by atoms with Crippen LogP contribution < -0.4 is 5.32 Å². The number of H-pyrrole nitrogens is 1. The molecular formula is C19H20ClN3. The first-order chi connectivity index (χ1) is 11.3. The van der Waals surface area contributed by atoms with Crippen LogP contribution in [0.4, 0.5) is 0 Å². The molecule has 4 rings (SSSR count). The summed E-state index contributed by atoms with van der Waals surface area (Å²) in [6.07, 6.45) is 6.40. The average Bonchev–Trinajstić information content (AvgIpc) is 3.04. The number of aromatic nitrogens is 2. The molecule has 0 spiro atoms. The van der Waals surface area contributed by atoms with Crippen LogP contribution in [0.15, 0.2) is 42.6 Å². The minimum atomic E-state index is 0.395. The lowest BCUT2D eigenvalue weighted by Crippen LogP contribution is -2.27. The monoisotopic (exact) mass is 325 g/mol. The van der Waals surface area contributed by atoms with Gasteiger partial charge in [0.15, 0.2) is 0 Å². The average molecular weight is 326 g/mol. The van der Waals surface area contributed by atoms with E-state index in [0.717, 1.165) is 25.1 Å². The van der Waals surface area contributed by atoms with Crippen molar-refractivity contribution in [1.82, 2.24) is 15.3 Å². The van der Waals surface area contributed by atoms with Crippen molar-refractivity contribution in [3.8, 4) is 0 Å². The summed E-state index contributed by atoms with van der Waals surface area (Å²) < 4.78 is 0. The Morgan fingerprint density at radius 2 is 2.17 bits per heavy atom. The zero-order valence-corrected chi connectivity index (χ0v) is 13.7. The molecule has 1 atom stereocenters. The molecule has 0 aliphatic heterocycles. The smallest absolute Gasteiger partial charge is 0.129 e. The zero-order valence-electron chi connectivity index (χ0n) is 13.0. The van der Waals surface area contributed by atoms with E-state index in [-0.39, 0.29) is 0 Å². The molecule has 3 aromatic rings. The fourth-order valence-electron chi connectivity index (χ4n) is 3.58. The van der Waals surface area contributed by atoms with Crippen LogP contribution in [0.3, 0.4) is 0 Å². The molecule has 3 nitrogen and oxygen atoms in total. The van der Waals surface area contributed by atoms with Crippen molar-refractivity contribution < 1.29 is 0 Å². The van der Waals surface area contributed by atoms with Crippen LogP contribution in [-0.4, -0.2) is 16.5 Å². The molecule has 1 aromatic carbocycles. The number of aryl methyl sites for hydroxylation is 1. The molecule has 4 heteroatoms. The SMILES string of the molecule is Clc1ccc2c(n1)CCCC2NCCc1cccc2cc[nH]c12. The Morgan fingerprint density at radius 1 is 1.22 bits per heavy atom. The Morgan fingerprint density at radius 3 is 3.13 bits per heavy atom. The lowest BCUT2D eigenvalue weighted by molar-refractivity contribution is 0.458. The number of hydrogen-bond donors (Lipinski definition) is 2. The van der Waals surface area contributed by atoms with Crippen molar-refractivity contribution >= 4 is 22.5 Å². The van der Waals surface area contributed by atoms with Gasteiger partial charge in [-0.3, -0.25) is 0 Å². The topological polar surface area (TPSA) is 40.7 Å². The van der Waals surface area contributed by atoms with Gasteiger partial charge in [0, 0.05) is 23.4 Å². The summed E-state index contributed by atoms with van der Waals surface area (Å²) in [4.78, 5) is 7.83. The van der Waals surface area contributed by atoms with Crippen LogP contribution in [0.2, 0.25) is 5.15 Å². The number of para-hydroxylation sites is 1. The highest BCUT2D eigenvalue weighted by molar-refractivity contribution is 6.29. The lowest BCUT2D eigenvalue weighted by atomic mass is 9.91. The van der Waals surface area contributed by atoms with Crippen molar-refractivity contribution in [3.63, 3.8) is 0 Å². The van der Waals surface area contributed by atoms with Gasteiger partial charge in [-0.25, -0.2) is 4.98 Å². The molecule has 2 N–H and O–H groups in total. The van der Waals surface area contributed by atoms with Crippen molar-refractivity contribution in [1.29, 1.82) is 0 Å². The third kappa shape index (κ3) is 2.99. The Labute approximate surface area is 141 Å². The largest absolute Gasteiger partial charge is 0.361 e. The number of pyridine rings is 1. The second kappa shape index (κ2) is 6.34. The number of halogens is 1. The Balaban J connectivity index is 1.45. The molecule has 2 heterocycles. The number of benzene rings is 1. The van der Waals surface area contributed by atoms with E-state index in [1.54, 1.807) is 0 Å². The fourth-order valence-corrected chi connectivity index (χ4v) is 3.75. The first kappa shape index (κ1) is 14.7.